The maximum Gasteiger partial charge on any atom is 0.254 e. The molecule has 1 saturated heterocycles. The SMILES string of the molecule is O=C(c1ccc(Br)c(F)c1)N1CCCNCC1. The Hall–Kier alpha value is -0.940. The summed E-state index contributed by atoms with van der Waals surface area (Å²) in [6, 6.07) is 4.50. The summed E-state index contributed by atoms with van der Waals surface area (Å²) in [5.74, 6) is -0.496. The van der Waals surface area contributed by atoms with Gasteiger partial charge in [0.05, 0.1) is 4.47 Å². The molecule has 92 valence electrons. The molecule has 1 amide bonds. The van der Waals surface area contributed by atoms with Crippen molar-refractivity contribution in [2.45, 2.75) is 6.42 Å². The van der Waals surface area contributed by atoms with Gasteiger partial charge in [0.1, 0.15) is 5.82 Å². The lowest BCUT2D eigenvalue weighted by atomic mass is 10.2. The second-order valence-corrected chi connectivity index (χ2v) is 4.88. The summed E-state index contributed by atoms with van der Waals surface area (Å²) in [6.07, 6.45) is 0.935. The molecule has 0 atom stereocenters. The molecule has 1 N–H and O–H groups in total. The van der Waals surface area contributed by atoms with Crippen LogP contribution in [0.15, 0.2) is 22.7 Å². The van der Waals surface area contributed by atoms with Crippen molar-refractivity contribution in [3.63, 3.8) is 0 Å². The Morgan fingerprint density at radius 2 is 2.18 bits per heavy atom. The van der Waals surface area contributed by atoms with Crippen LogP contribution >= 0.6 is 15.9 Å². The van der Waals surface area contributed by atoms with Gasteiger partial charge in [0, 0.05) is 25.2 Å². The minimum Gasteiger partial charge on any atom is -0.337 e. The highest BCUT2D eigenvalue weighted by Crippen LogP contribution is 2.17. The molecule has 1 fully saturated rings. The first-order valence-electron chi connectivity index (χ1n) is 5.63. The number of amides is 1. The van der Waals surface area contributed by atoms with Gasteiger partial charge in [0.25, 0.3) is 5.91 Å². The van der Waals surface area contributed by atoms with E-state index in [4.69, 9.17) is 0 Å². The summed E-state index contributed by atoms with van der Waals surface area (Å²) in [6.45, 7) is 3.13. The van der Waals surface area contributed by atoms with E-state index in [0.29, 0.717) is 16.6 Å². The number of hydrogen-bond acceptors (Lipinski definition) is 2. The van der Waals surface area contributed by atoms with Gasteiger partial charge in [-0.25, -0.2) is 4.39 Å². The number of benzene rings is 1. The number of nitrogens with one attached hydrogen (secondary N) is 1. The van der Waals surface area contributed by atoms with Crippen molar-refractivity contribution in [2.24, 2.45) is 0 Å². The molecular formula is C12H14BrFN2O. The molecule has 0 bridgehead atoms. The Bertz CT molecular complexity index is 417. The predicted molar refractivity (Wildman–Crippen MR) is 67.5 cm³/mol. The first-order chi connectivity index (χ1) is 8.18. The molecule has 17 heavy (non-hydrogen) atoms. The molecule has 3 nitrogen and oxygen atoms in total. The van der Waals surface area contributed by atoms with Crippen LogP contribution < -0.4 is 5.32 Å². The van der Waals surface area contributed by atoms with Gasteiger partial charge in [-0.1, -0.05) is 0 Å². The van der Waals surface area contributed by atoms with Gasteiger partial charge in [-0.3, -0.25) is 4.79 Å². The standard InChI is InChI=1S/C12H14BrFN2O/c13-10-3-2-9(8-11(10)14)12(17)16-6-1-4-15-5-7-16/h2-3,8,15H,1,4-7H2. The predicted octanol–water partition coefficient (Wildman–Crippen LogP) is 2.02. The normalized spacial score (nSPS) is 16.7. The molecule has 2 rings (SSSR count). The number of nitrogens with zero attached hydrogens (tertiary/aromatic N) is 1. The smallest absolute Gasteiger partial charge is 0.254 e. The number of rotatable bonds is 1. The highest BCUT2D eigenvalue weighted by atomic mass is 79.9. The highest BCUT2D eigenvalue weighted by molar-refractivity contribution is 9.10. The van der Waals surface area contributed by atoms with E-state index in [-0.39, 0.29) is 5.91 Å². The van der Waals surface area contributed by atoms with Crippen LogP contribution in [-0.4, -0.2) is 37.0 Å². The Morgan fingerprint density at radius 1 is 1.35 bits per heavy atom. The fourth-order valence-corrected chi connectivity index (χ4v) is 2.11. The Kier molecular flexibility index (Phi) is 4.12. The third-order valence-corrected chi connectivity index (χ3v) is 3.44. The van der Waals surface area contributed by atoms with Crippen LogP contribution in [0.1, 0.15) is 16.8 Å². The number of carbonyl (C=O) groups excluding carboxylic acids is 1. The van der Waals surface area contributed by atoms with Gasteiger partial charge in [0.2, 0.25) is 0 Å². The zero-order chi connectivity index (χ0) is 12.3. The minimum atomic E-state index is -0.399. The van der Waals surface area contributed by atoms with E-state index in [1.807, 2.05) is 0 Å². The largest absolute Gasteiger partial charge is 0.337 e. The highest BCUT2D eigenvalue weighted by Gasteiger charge is 2.17. The fourth-order valence-electron chi connectivity index (χ4n) is 1.86. The summed E-state index contributed by atoms with van der Waals surface area (Å²) in [5, 5.41) is 3.23. The molecule has 0 aliphatic carbocycles. The van der Waals surface area contributed by atoms with Crippen molar-refractivity contribution >= 4 is 21.8 Å². The lowest BCUT2D eigenvalue weighted by molar-refractivity contribution is 0.0766. The van der Waals surface area contributed by atoms with E-state index in [2.05, 4.69) is 21.2 Å². The van der Waals surface area contributed by atoms with Crippen molar-refractivity contribution in [3.8, 4) is 0 Å². The van der Waals surface area contributed by atoms with Gasteiger partial charge in [-0.15, -0.1) is 0 Å². The van der Waals surface area contributed by atoms with Crippen LogP contribution in [0.4, 0.5) is 4.39 Å². The second kappa shape index (κ2) is 5.60. The van der Waals surface area contributed by atoms with Crippen LogP contribution in [0.3, 0.4) is 0 Å². The summed E-state index contributed by atoms with van der Waals surface area (Å²) < 4.78 is 13.7. The molecule has 1 heterocycles. The van der Waals surface area contributed by atoms with Gasteiger partial charge < -0.3 is 10.2 Å². The first-order valence-corrected chi connectivity index (χ1v) is 6.43. The van der Waals surface area contributed by atoms with Crippen molar-refractivity contribution in [3.05, 3.63) is 34.1 Å². The quantitative estimate of drug-likeness (QED) is 0.861. The number of hydrogen-bond donors (Lipinski definition) is 1. The van der Waals surface area contributed by atoms with E-state index in [9.17, 15) is 9.18 Å². The van der Waals surface area contributed by atoms with Crippen molar-refractivity contribution in [1.29, 1.82) is 0 Å². The molecule has 0 spiro atoms. The van der Waals surface area contributed by atoms with Crippen LogP contribution in [0.2, 0.25) is 0 Å². The summed E-state index contributed by atoms with van der Waals surface area (Å²) in [7, 11) is 0. The van der Waals surface area contributed by atoms with Crippen LogP contribution in [-0.2, 0) is 0 Å². The van der Waals surface area contributed by atoms with Gasteiger partial charge in [-0.05, 0) is 47.1 Å². The fraction of sp³-hybridized carbons (Fsp3) is 0.417. The topological polar surface area (TPSA) is 32.3 Å². The van der Waals surface area contributed by atoms with Crippen molar-refractivity contribution < 1.29 is 9.18 Å². The van der Waals surface area contributed by atoms with Crippen LogP contribution in [0.5, 0.6) is 0 Å². The molecular weight excluding hydrogens is 287 g/mol. The van der Waals surface area contributed by atoms with Crippen LogP contribution in [0, 0.1) is 5.82 Å². The third-order valence-electron chi connectivity index (χ3n) is 2.79. The maximum atomic E-state index is 13.4. The summed E-state index contributed by atoms with van der Waals surface area (Å²) in [4.78, 5) is 13.9. The molecule has 0 radical (unpaired) electrons. The average molecular weight is 301 g/mol. The second-order valence-electron chi connectivity index (χ2n) is 4.02. The monoisotopic (exact) mass is 300 g/mol. The summed E-state index contributed by atoms with van der Waals surface area (Å²) in [5.41, 5.74) is 0.410. The van der Waals surface area contributed by atoms with Gasteiger partial charge in [0.15, 0.2) is 0 Å². The number of halogens is 2. The molecule has 0 saturated carbocycles. The first kappa shape index (κ1) is 12.5. The lowest BCUT2D eigenvalue weighted by Crippen LogP contribution is -2.34. The third kappa shape index (κ3) is 3.04. The molecule has 1 aromatic carbocycles. The van der Waals surface area contributed by atoms with E-state index >= 15 is 0 Å². The van der Waals surface area contributed by atoms with Gasteiger partial charge >= 0.3 is 0 Å². The zero-order valence-electron chi connectivity index (χ0n) is 9.38. The Labute approximate surface area is 108 Å². The maximum absolute atomic E-state index is 13.4. The Balaban J connectivity index is 2.14. The van der Waals surface area contributed by atoms with Crippen molar-refractivity contribution in [2.75, 3.05) is 26.2 Å². The summed E-state index contributed by atoms with van der Waals surface area (Å²) >= 11 is 3.08. The molecule has 1 aromatic rings. The van der Waals surface area contributed by atoms with Gasteiger partial charge in [-0.2, -0.15) is 0 Å². The molecule has 0 aromatic heterocycles. The van der Waals surface area contributed by atoms with Crippen LogP contribution in [0.25, 0.3) is 0 Å². The van der Waals surface area contributed by atoms with E-state index < -0.39 is 5.82 Å². The molecule has 1 aliphatic rings. The molecule has 5 heteroatoms. The lowest BCUT2D eigenvalue weighted by Gasteiger charge is -2.20. The average Bonchev–Trinajstić information content (AvgIpc) is 2.60. The Morgan fingerprint density at radius 3 is 2.94 bits per heavy atom. The van der Waals surface area contributed by atoms with Crippen molar-refractivity contribution in [1.82, 2.24) is 10.2 Å². The van der Waals surface area contributed by atoms with E-state index in [0.717, 1.165) is 26.1 Å². The molecule has 1 aliphatic heterocycles. The van der Waals surface area contributed by atoms with E-state index in [1.165, 1.54) is 6.07 Å². The molecule has 0 unspecified atom stereocenters. The zero-order valence-corrected chi connectivity index (χ0v) is 11.0. The number of carbonyl (C=O) groups is 1. The minimum absolute atomic E-state index is 0.0971. The van der Waals surface area contributed by atoms with E-state index in [1.54, 1.807) is 17.0 Å².